The molecule has 1 unspecified atom stereocenters. The molecule has 0 heterocycles. The molecule has 1 atom stereocenters. The van der Waals surface area contributed by atoms with Crippen molar-refractivity contribution in [2.24, 2.45) is 0 Å². The molecule has 2 nitrogen and oxygen atoms in total. The van der Waals surface area contributed by atoms with E-state index >= 15 is 0 Å². The molecule has 0 amide bonds. The van der Waals surface area contributed by atoms with E-state index in [9.17, 15) is 13.2 Å². The zero-order valence-corrected chi connectivity index (χ0v) is 10.9. The van der Waals surface area contributed by atoms with E-state index in [1.54, 1.807) is 0 Å². The minimum absolute atomic E-state index is 0.0764. The number of rotatable bonds is 4. The average Bonchev–Trinajstić information content (AvgIpc) is 2.20. The molecule has 0 saturated carbocycles. The number of halogens is 4. The van der Waals surface area contributed by atoms with E-state index in [1.165, 1.54) is 18.2 Å². The van der Waals surface area contributed by atoms with Gasteiger partial charge < -0.3 is 9.47 Å². The lowest BCUT2D eigenvalue weighted by Gasteiger charge is -2.15. The first-order chi connectivity index (χ1) is 7.81. The van der Waals surface area contributed by atoms with Crippen molar-refractivity contribution >= 4 is 15.9 Å². The maximum absolute atomic E-state index is 12.0. The molecule has 0 aliphatic rings. The zero-order chi connectivity index (χ0) is 13.1. The summed E-state index contributed by atoms with van der Waals surface area (Å²) < 4.78 is 45.9. The molecule has 1 aromatic carbocycles. The number of ether oxygens (including phenoxy) is 2. The van der Waals surface area contributed by atoms with Crippen LogP contribution in [0, 0.1) is 0 Å². The largest absolute Gasteiger partial charge is 0.573 e. The van der Waals surface area contributed by atoms with E-state index in [2.05, 4.69) is 20.7 Å². The maximum Gasteiger partial charge on any atom is 0.573 e. The quantitative estimate of drug-likeness (QED) is 0.813. The van der Waals surface area contributed by atoms with Gasteiger partial charge >= 0.3 is 6.36 Å². The van der Waals surface area contributed by atoms with Crippen LogP contribution in [-0.2, 0) is 0 Å². The number of alkyl halides is 3. The van der Waals surface area contributed by atoms with E-state index < -0.39 is 6.36 Å². The first kappa shape index (κ1) is 14.2. The van der Waals surface area contributed by atoms with Gasteiger partial charge in [-0.05, 0) is 41.4 Å². The van der Waals surface area contributed by atoms with Crippen LogP contribution in [0.1, 0.15) is 20.3 Å². The Kier molecular flexibility index (Phi) is 4.68. The third-order valence-electron chi connectivity index (χ3n) is 2.04. The standard InChI is InChI=1S/C11H12BrF3O2/c1-3-7(2)16-10-6-8(4-5-9(10)12)17-11(13,14)15/h4-7H,3H2,1-2H3. The predicted molar refractivity (Wildman–Crippen MR) is 61.2 cm³/mol. The third-order valence-corrected chi connectivity index (χ3v) is 2.69. The molecule has 0 N–H and O–H groups in total. The SMILES string of the molecule is CCC(C)Oc1cc(OC(F)(F)F)ccc1Br. The molecule has 0 bridgehead atoms. The molecule has 0 aromatic heterocycles. The molecule has 0 aliphatic heterocycles. The van der Waals surface area contributed by atoms with Crippen LogP contribution < -0.4 is 9.47 Å². The van der Waals surface area contributed by atoms with Crippen LogP contribution in [0.2, 0.25) is 0 Å². The Morgan fingerprint density at radius 3 is 2.53 bits per heavy atom. The molecule has 1 rings (SSSR count). The topological polar surface area (TPSA) is 18.5 Å². The molecule has 1 aromatic rings. The van der Waals surface area contributed by atoms with E-state index in [4.69, 9.17) is 4.74 Å². The highest BCUT2D eigenvalue weighted by Gasteiger charge is 2.31. The van der Waals surface area contributed by atoms with Crippen molar-refractivity contribution in [1.82, 2.24) is 0 Å². The Labute approximate surface area is 106 Å². The van der Waals surface area contributed by atoms with Crippen LogP contribution in [0.25, 0.3) is 0 Å². The number of hydrogen-bond acceptors (Lipinski definition) is 2. The average molecular weight is 313 g/mol. The van der Waals surface area contributed by atoms with Gasteiger partial charge in [-0.15, -0.1) is 13.2 Å². The van der Waals surface area contributed by atoms with Gasteiger partial charge in [0.25, 0.3) is 0 Å². The van der Waals surface area contributed by atoms with Crippen molar-refractivity contribution in [3.63, 3.8) is 0 Å². The fourth-order valence-electron chi connectivity index (χ4n) is 1.07. The van der Waals surface area contributed by atoms with Crippen molar-refractivity contribution in [2.45, 2.75) is 32.7 Å². The first-order valence-corrected chi connectivity index (χ1v) is 5.83. The Hall–Kier alpha value is -0.910. The van der Waals surface area contributed by atoms with Gasteiger partial charge in [0.2, 0.25) is 0 Å². The lowest BCUT2D eigenvalue weighted by Crippen LogP contribution is -2.17. The second-order valence-electron chi connectivity index (χ2n) is 3.48. The molecule has 0 saturated heterocycles. The highest BCUT2D eigenvalue weighted by molar-refractivity contribution is 9.10. The minimum Gasteiger partial charge on any atom is -0.489 e. The Morgan fingerprint density at radius 1 is 1.35 bits per heavy atom. The highest BCUT2D eigenvalue weighted by atomic mass is 79.9. The molecule has 0 aliphatic carbocycles. The zero-order valence-electron chi connectivity index (χ0n) is 9.34. The lowest BCUT2D eigenvalue weighted by molar-refractivity contribution is -0.274. The van der Waals surface area contributed by atoms with Crippen molar-refractivity contribution < 1.29 is 22.6 Å². The van der Waals surface area contributed by atoms with Gasteiger partial charge in [-0.1, -0.05) is 6.92 Å². The van der Waals surface area contributed by atoms with Gasteiger partial charge in [-0.25, -0.2) is 0 Å². The van der Waals surface area contributed by atoms with Gasteiger partial charge in [-0.2, -0.15) is 0 Å². The van der Waals surface area contributed by atoms with Crippen molar-refractivity contribution in [2.75, 3.05) is 0 Å². The smallest absolute Gasteiger partial charge is 0.489 e. The molecule has 0 spiro atoms. The second kappa shape index (κ2) is 5.62. The summed E-state index contributed by atoms with van der Waals surface area (Å²) in [5, 5.41) is 0. The van der Waals surface area contributed by atoms with E-state index in [-0.39, 0.29) is 11.9 Å². The summed E-state index contributed by atoms with van der Waals surface area (Å²) in [7, 11) is 0. The fraction of sp³-hybridized carbons (Fsp3) is 0.455. The van der Waals surface area contributed by atoms with E-state index in [1.807, 2.05) is 13.8 Å². The Bertz CT molecular complexity index is 379. The molecule has 0 radical (unpaired) electrons. The maximum atomic E-state index is 12.0. The van der Waals surface area contributed by atoms with Gasteiger partial charge in [-0.3, -0.25) is 0 Å². The fourth-order valence-corrected chi connectivity index (χ4v) is 1.41. The van der Waals surface area contributed by atoms with Gasteiger partial charge in [0, 0.05) is 6.07 Å². The van der Waals surface area contributed by atoms with Gasteiger partial charge in [0.05, 0.1) is 10.6 Å². The van der Waals surface area contributed by atoms with Gasteiger partial charge in [0.15, 0.2) is 0 Å². The molecular formula is C11H12BrF3O2. The molecule has 96 valence electrons. The highest BCUT2D eigenvalue weighted by Crippen LogP contribution is 2.32. The van der Waals surface area contributed by atoms with Crippen LogP contribution in [0.5, 0.6) is 11.5 Å². The lowest BCUT2D eigenvalue weighted by atomic mass is 10.3. The van der Waals surface area contributed by atoms with Crippen LogP contribution in [-0.4, -0.2) is 12.5 Å². The number of benzene rings is 1. The summed E-state index contributed by atoms with van der Waals surface area (Å²) in [6.45, 7) is 3.76. The summed E-state index contributed by atoms with van der Waals surface area (Å²) in [6, 6.07) is 3.89. The molecular weight excluding hydrogens is 301 g/mol. The molecule has 17 heavy (non-hydrogen) atoms. The van der Waals surface area contributed by atoms with E-state index in [0.717, 1.165) is 6.42 Å². The van der Waals surface area contributed by atoms with Gasteiger partial charge in [0.1, 0.15) is 11.5 Å². The second-order valence-corrected chi connectivity index (χ2v) is 4.33. The Morgan fingerprint density at radius 2 is 2.00 bits per heavy atom. The minimum atomic E-state index is -4.69. The van der Waals surface area contributed by atoms with E-state index in [0.29, 0.717) is 10.2 Å². The van der Waals surface area contributed by atoms with Crippen molar-refractivity contribution in [3.05, 3.63) is 22.7 Å². The van der Waals surface area contributed by atoms with Crippen LogP contribution in [0.3, 0.4) is 0 Å². The van der Waals surface area contributed by atoms with Crippen LogP contribution in [0.15, 0.2) is 22.7 Å². The summed E-state index contributed by atoms with van der Waals surface area (Å²) in [6.07, 6.45) is -4.01. The van der Waals surface area contributed by atoms with Crippen molar-refractivity contribution in [3.8, 4) is 11.5 Å². The molecule has 0 fully saturated rings. The number of hydrogen-bond donors (Lipinski definition) is 0. The van der Waals surface area contributed by atoms with Crippen molar-refractivity contribution in [1.29, 1.82) is 0 Å². The third kappa shape index (κ3) is 4.85. The summed E-state index contributed by atoms with van der Waals surface area (Å²) >= 11 is 3.21. The van der Waals surface area contributed by atoms with Crippen LogP contribution >= 0.6 is 15.9 Å². The normalized spacial score (nSPS) is 13.3. The summed E-state index contributed by atoms with van der Waals surface area (Å²) in [4.78, 5) is 0. The monoisotopic (exact) mass is 312 g/mol. The molecule has 6 heteroatoms. The summed E-state index contributed by atoms with van der Waals surface area (Å²) in [5.41, 5.74) is 0. The van der Waals surface area contributed by atoms with Crippen LogP contribution in [0.4, 0.5) is 13.2 Å². The first-order valence-electron chi connectivity index (χ1n) is 5.03. The Balaban J connectivity index is 2.86. The summed E-state index contributed by atoms with van der Waals surface area (Å²) in [5.74, 6) is 0.0418. The predicted octanol–water partition coefficient (Wildman–Crippen LogP) is 4.53.